The van der Waals surface area contributed by atoms with Gasteiger partial charge >= 0.3 is 0 Å². The monoisotopic (exact) mass is 385 g/mol. The summed E-state index contributed by atoms with van der Waals surface area (Å²) in [6.45, 7) is 2.91. The Morgan fingerprint density at radius 3 is 2.00 bits per heavy atom. The molecule has 2 aromatic rings. The molecule has 28 heavy (non-hydrogen) atoms. The Kier molecular flexibility index (Phi) is 9.76. The minimum absolute atomic E-state index is 0.0516. The van der Waals surface area contributed by atoms with Gasteiger partial charge < -0.3 is 19.5 Å². The van der Waals surface area contributed by atoms with Gasteiger partial charge in [0.2, 0.25) is 0 Å². The highest BCUT2D eigenvalue weighted by Crippen LogP contribution is 2.19. The molecule has 5 heteroatoms. The van der Waals surface area contributed by atoms with E-state index in [9.17, 15) is 4.79 Å². The molecule has 2 aromatic carbocycles. The Morgan fingerprint density at radius 2 is 1.36 bits per heavy atom. The Labute approximate surface area is 168 Å². The van der Waals surface area contributed by atoms with Crippen molar-refractivity contribution in [1.29, 1.82) is 0 Å². The van der Waals surface area contributed by atoms with Crippen molar-refractivity contribution >= 4 is 11.6 Å². The van der Waals surface area contributed by atoms with Gasteiger partial charge in [-0.05, 0) is 55.0 Å². The van der Waals surface area contributed by atoms with E-state index < -0.39 is 0 Å². The van der Waals surface area contributed by atoms with E-state index in [0.29, 0.717) is 11.4 Å². The molecule has 2 rings (SSSR count). The predicted octanol–water partition coefficient (Wildman–Crippen LogP) is 5.45. The van der Waals surface area contributed by atoms with Gasteiger partial charge in [0.15, 0.2) is 6.61 Å². The molecule has 0 bridgehead atoms. The summed E-state index contributed by atoms with van der Waals surface area (Å²) < 4.78 is 16.4. The van der Waals surface area contributed by atoms with Crippen LogP contribution in [0.1, 0.15) is 45.4 Å². The van der Waals surface area contributed by atoms with Crippen LogP contribution in [0.5, 0.6) is 17.2 Å². The van der Waals surface area contributed by atoms with E-state index in [1.54, 1.807) is 31.4 Å². The molecule has 0 aliphatic rings. The number of anilines is 1. The average Bonchev–Trinajstić information content (AvgIpc) is 2.73. The molecule has 0 aromatic heterocycles. The Hall–Kier alpha value is -2.69. The van der Waals surface area contributed by atoms with E-state index in [2.05, 4.69) is 12.2 Å². The van der Waals surface area contributed by atoms with Crippen molar-refractivity contribution in [3.8, 4) is 17.2 Å². The lowest BCUT2D eigenvalue weighted by Gasteiger charge is -2.09. The van der Waals surface area contributed by atoms with Gasteiger partial charge in [0, 0.05) is 5.69 Å². The highest BCUT2D eigenvalue weighted by atomic mass is 16.5. The number of amides is 1. The maximum atomic E-state index is 12.0. The zero-order chi connectivity index (χ0) is 20.0. The van der Waals surface area contributed by atoms with E-state index in [-0.39, 0.29) is 12.5 Å². The zero-order valence-electron chi connectivity index (χ0n) is 16.9. The Balaban J connectivity index is 1.64. The van der Waals surface area contributed by atoms with Crippen LogP contribution in [0.3, 0.4) is 0 Å². The van der Waals surface area contributed by atoms with Gasteiger partial charge in [-0.3, -0.25) is 4.79 Å². The molecule has 0 atom stereocenters. The second kappa shape index (κ2) is 12.7. The first kappa shape index (κ1) is 21.6. The van der Waals surface area contributed by atoms with E-state index >= 15 is 0 Å². The minimum Gasteiger partial charge on any atom is -0.497 e. The summed E-state index contributed by atoms with van der Waals surface area (Å²) in [6, 6.07) is 14.5. The fraction of sp³-hybridized carbons (Fsp3) is 0.435. The fourth-order valence-corrected chi connectivity index (χ4v) is 2.72. The molecular formula is C23H31NO4. The second-order valence-electron chi connectivity index (χ2n) is 6.65. The lowest BCUT2D eigenvalue weighted by Crippen LogP contribution is -2.20. The molecule has 1 N–H and O–H groups in total. The molecule has 0 aliphatic heterocycles. The summed E-state index contributed by atoms with van der Waals surface area (Å²) in [5, 5.41) is 2.78. The molecule has 0 saturated carbocycles. The SMILES string of the molecule is CCCCCCCCOc1ccc(OCC(=O)Nc2ccc(OC)cc2)cc1. The van der Waals surface area contributed by atoms with Crippen molar-refractivity contribution < 1.29 is 19.0 Å². The van der Waals surface area contributed by atoms with Crippen molar-refractivity contribution in [2.24, 2.45) is 0 Å². The van der Waals surface area contributed by atoms with Crippen molar-refractivity contribution in [3.05, 3.63) is 48.5 Å². The maximum absolute atomic E-state index is 12.0. The number of carbonyl (C=O) groups is 1. The van der Waals surface area contributed by atoms with Gasteiger partial charge in [0.1, 0.15) is 17.2 Å². The first-order chi connectivity index (χ1) is 13.7. The molecule has 152 valence electrons. The number of nitrogens with one attached hydrogen (secondary N) is 1. The number of hydrogen-bond acceptors (Lipinski definition) is 4. The number of rotatable bonds is 13. The minimum atomic E-state index is -0.214. The lowest BCUT2D eigenvalue weighted by atomic mass is 10.1. The van der Waals surface area contributed by atoms with Crippen LogP contribution >= 0.6 is 0 Å². The molecule has 0 saturated heterocycles. The quantitative estimate of drug-likeness (QED) is 0.466. The van der Waals surface area contributed by atoms with E-state index in [1.165, 1.54) is 32.1 Å². The molecule has 1 amide bonds. The van der Waals surface area contributed by atoms with Crippen LogP contribution in [0.4, 0.5) is 5.69 Å². The third-order valence-corrected chi connectivity index (χ3v) is 4.33. The van der Waals surface area contributed by atoms with Gasteiger partial charge in [-0.1, -0.05) is 39.0 Å². The molecule has 0 fully saturated rings. The highest BCUT2D eigenvalue weighted by Gasteiger charge is 2.04. The van der Waals surface area contributed by atoms with Crippen LogP contribution in [0.2, 0.25) is 0 Å². The van der Waals surface area contributed by atoms with E-state index in [4.69, 9.17) is 14.2 Å². The lowest BCUT2D eigenvalue weighted by molar-refractivity contribution is -0.118. The summed E-state index contributed by atoms with van der Waals surface area (Å²) >= 11 is 0. The number of benzene rings is 2. The Morgan fingerprint density at radius 1 is 0.786 bits per heavy atom. The van der Waals surface area contributed by atoms with Gasteiger partial charge in [-0.25, -0.2) is 0 Å². The molecule has 0 aliphatic carbocycles. The third kappa shape index (κ3) is 8.33. The van der Waals surface area contributed by atoms with Gasteiger partial charge in [-0.2, -0.15) is 0 Å². The van der Waals surface area contributed by atoms with Crippen molar-refractivity contribution in [2.45, 2.75) is 45.4 Å². The summed E-state index contributed by atoms with van der Waals surface area (Å²) in [6.07, 6.45) is 7.48. The van der Waals surface area contributed by atoms with Crippen LogP contribution in [0.15, 0.2) is 48.5 Å². The molecule has 0 spiro atoms. The number of carbonyl (C=O) groups excluding carboxylic acids is 1. The van der Waals surface area contributed by atoms with Crippen LogP contribution in [0, 0.1) is 0 Å². The van der Waals surface area contributed by atoms with Gasteiger partial charge in [0.05, 0.1) is 13.7 Å². The smallest absolute Gasteiger partial charge is 0.262 e. The van der Waals surface area contributed by atoms with Crippen LogP contribution in [-0.4, -0.2) is 26.2 Å². The average molecular weight is 386 g/mol. The highest BCUT2D eigenvalue weighted by molar-refractivity contribution is 5.91. The largest absolute Gasteiger partial charge is 0.497 e. The van der Waals surface area contributed by atoms with Gasteiger partial charge in [0.25, 0.3) is 5.91 Å². The standard InChI is InChI=1S/C23H31NO4/c1-3-4-5-6-7-8-17-27-21-13-15-22(16-14-21)28-18-23(25)24-19-9-11-20(26-2)12-10-19/h9-16H,3-8,17-18H2,1-2H3,(H,24,25). The summed E-state index contributed by atoms with van der Waals surface area (Å²) in [4.78, 5) is 12.0. The first-order valence-electron chi connectivity index (χ1n) is 10.0. The Bertz CT molecular complexity index is 683. The summed E-state index contributed by atoms with van der Waals surface area (Å²) in [7, 11) is 1.60. The summed E-state index contributed by atoms with van der Waals surface area (Å²) in [5.41, 5.74) is 0.702. The summed E-state index contributed by atoms with van der Waals surface area (Å²) in [5.74, 6) is 1.99. The number of methoxy groups -OCH3 is 1. The third-order valence-electron chi connectivity index (χ3n) is 4.33. The van der Waals surface area contributed by atoms with Crippen molar-refractivity contribution in [2.75, 3.05) is 25.6 Å². The van der Waals surface area contributed by atoms with Crippen LogP contribution in [-0.2, 0) is 4.79 Å². The maximum Gasteiger partial charge on any atom is 0.262 e. The number of ether oxygens (including phenoxy) is 3. The molecule has 0 radical (unpaired) electrons. The zero-order valence-corrected chi connectivity index (χ0v) is 16.9. The number of hydrogen-bond donors (Lipinski definition) is 1. The number of unbranched alkanes of at least 4 members (excludes halogenated alkanes) is 5. The molecule has 5 nitrogen and oxygen atoms in total. The van der Waals surface area contributed by atoms with Crippen molar-refractivity contribution in [1.82, 2.24) is 0 Å². The van der Waals surface area contributed by atoms with Crippen molar-refractivity contribution in [3.63, 3.8) is 0 Å². The van der Waals surface area contributed by atoms with E-state index in [1.807, 2.05) is 24.3 Å². The molecule has 0 unspecified atom stereocenters. The van der Waals surface area contributed by atoms with Crippen LogP contribution in [0.25, 0.3) is 0 Å². The normalized spacial score (nSPS) is 10.4. The fourth-order valence-electron chi connectivity index (χ4n) is 2.72. The van der Waals surface area contributed by atoms with E-state index in [0.717, 1.165) is 24.5 Å². The topological polar surface area (TPSA) is 56.8 Å². The second-order valence-corrected chi connectivity index (χ2v) is 6.65. The predicted molar refractivity (Wildman–Crippen MR) is 112 cm³/mol. The first-order valence-corrected chi connectivity index (χ1v) is 10.0. The molecule has 0 heterocycles. The van der Waals surface area contributed by atoms with Crippen LogP contribution < -0.4 is 19.5 Å². The molecular weight excluding hydrogens is 354 g/mol. The van der Waals surface area contributed by atoms with Gasteiger partial charge in [-0.15, -0.1) is 0 Å².